The molecule has 0 aliphatic carbocycles. The molecule has 0 radical (unpaired) electrons. The van der Waals surface area contributed by atoms with Crippen molar-refractivity contribution in [2.24, 2.45) is 17.8 Å². The number of amides is 1. The number of rotatable bonds is 12. The fourth-order valence-electron chi connectivity index (χ4n) is 2.20. The van der Waals surface area contributed by atoms with Gasteiger partial charge in [-0.3, -0.25) is 9.59 Å². The maximum Gasteiger partial charge on any atom is 0.410 e. The summed E-state index contributed by atoms with van der Waals surface area (Å²) in [5.41, 5.74) is 0. The van der Waals surface area contributed by atoms with Crippen LogP contribution in [0.25, 0.3) is 0 Å². The summed E-state index contributed by atoms with van der Waals surface area (Å²) in [6.45, 7) is 9.47. The van der Waals surface area contributed by atoms with Crippen molar-refractivity contribution >= 4 is 18.0 Å². The van der Waals surface area contributed by atoms with Crippen molar-refractivity contribution in [3.63, 3.8) is 0 Å². The molecule has 0 aromatic rings. The number of carbonyl (C=O) groups excluding carboxylic acids is 2. The lowest BCUT2D eigenvalue weighted by Gasteiger charge is -2.22. The molecule has 0 spiro atoms. The predicted molar refractivity (Wildman–Crippen MR) is 93.9 cm³/mol. The van der Waals surface area contributed by atoms with E-state index in [9.17, 15) is 14.4 Å². The molecule has 7 heteroatoms. The number of carboxylic acids is 1. The van der Waals surface area contributed by atoms with Crippen LogP contribution in [0.4, 0.5) is 4.79 Å². The zero-order valence-corrected chi connectivity index (χ0v) is 16.0. The van der Waals surface area contributed by atoms with Crippen molar-refractivity contribution in [2.75, 3.05) is 6.54 Å². The van der Waals surface area contributed by atoms with E-state index < -0.39 is 24.3 Å². The normalized spacial score (nSPS) is 14.5. The molecule has 0 aromatic carbocycles. The van der Waals surface area contributed by atoms with E-state index in [2.05, 4.69) is 5.32 Å². The van der Waals surface area contributed by atoms with Gasteiger partial charge in [-0.25, -0.2) is 4.79 Å². The van der Waals surface area contributed by atoms with Gasteiger partial charge in [-0.1, -0.05) is 41.0 Å². The van der Waals surface area contributed by atoms with Gasteiger partial charge in [0.05, 0.1) is 5.92 Å². The third-order valence-electron chi connectivity index (χ3n) is 4.13. The number of ether oxygens (including phenoxy) is 2. The zero-order valence-electron chi connectivity index (χ0n) is 16.0. The van der Waals surface area contributed by atoms with Gasteiger partial charge in [-0.05, 0) is 25.2 Å². The monoisotopic (exact) mass is 359 g/mol. The number of carbonyl (C=O) groups is 3. The van der Waals surface area contributed by atoms with Gasteiger partial charge in [-0.2, -0.15) is 0 Å². The van der Waals surface area contributed by atoms with E-state index in [1.165, 1.54) is 0 Å². The van der Waals surface area contributed by atoms with Gasteiger partial charge in [0.2, 0.25) is 0 Å². The van der Waals surface area contributed by atoms with Crippen molar-refractivity contribution in [1.82, 2.24) is 5.32 Å². The number of alkyl carbamates (subject to hydrolysis) is 1. The first-order valence-electron chi connectivity index (χ1n) is 9.07. The highest BCUT2D eigenvalue weighted by atomic mass is 16.7. The quantitative estimate of drug-likeness (QED) is 0.408. The van der Waals surface area contributed by atoms with Crippen LogP contribution in [0.2, 0.25) is 0 Å². The van der Waals surface area contributed by atoms with Crippen LogP contribution in [0.15, 0.2) is 0 Å². The fourth-order valence-corrected chi connectivity index (χ4v) is 2.20. The van der Waals surface area contributed by atoms with Gasteiger partial charge in [0.15, 0.2) is 0 Å². The minimum Gasteiger partial charge on any atom is -0.481 e. The van der Waals surface area contributed by atoms with Crippen molar-refractivity contribution in [2.45, 2.75) is 73.0 Å². The predicted octanol–water partition coefficient (Wildman–Crippen LogP) is 3.57. The minimum atomic E-state index is -0.897. The molecule has 0 saturated heterocycles. The molecule has 0 aliphatic heterocycles. The van der Waals surface area contributed by atoms with E-state index in [-0.39, 0.29) is 18.3 Å². The topological polar surface area (TPSA) is 102 Å². The van der Waals surface area contributed by atoms with Crippen molar-refractivity contribution in [3.05, 3.63) is 0 Å². The number of aliphatic carboxylic acids is 1. The smallest absolute Gasteiger partial charge is 0.410 e. The number of hydrogen-bond donors (Lipinski definition) is 2. The number of nitrogens with one attached hydrogen (secondary N) is 1. The Morgan fingerprint density at radius 2 is 1.64 bits per heavy atom. The summed E-state index contributed by atoms with van der Waals surface area (Å²) in [7, 11) is 0. The Bertz CT molecular complexity index is 424. The summed E-state index contributed by atoms with van der Waals surface area (Å²) in [4.78, 5) is 34.0. The Morgan fingerprint density at radius 3 is 2.12 bits per heavy atom. The Labute approximate surface area is 150 Å². The maximum atomic E-state index is 11.9. The molecular formula is C18H33NO6. The molecular weight excluding hydrogens is 326 g/mol. The summed E-state index contributed by atoms with van der Waals surface area (Å²) >= 11 is 0. The SMILES string of the molecule is CCC(=O)O[C@H](OC(=O)NCCC(CC)CC[C@H](C)C(=O)O)C(C)C. The van der Waals surface area contributed by atoms with E-state index in [1.807, 2.05) is 6.92 Å². The highest BCUT2D eigenvalue weighted by Gasteiger charge is 2.22. The summed E-state index contributed by atoms with van der Waals surface area (Å²) in [5, 5.41) is 11.6. The largest absolute Gasteiger partial charge is 0.481 e. The average molecular weight is 359 g/mol. The zero-order chi connectivity index (χ0) is 19.4. The Morgan fingerprint density at radius 1 is 1.00 bits per heavy atom. The van der Waals surface area contributed by atoms with Gasteiger partial charge < -0.3 is 19.9 Å². The van der Waals surface area contributed by atoms with Gasteiger partial charge in [0, 0.05) is 18.9 Å². The van der Waals surface area contributed by atoms with Crippen LogP contribution in [0, 0.1) is 17.8 Å². The van der Waals surface area contributed by atoms with Crippen LogP contribution < -0.4 is 5.32 Å². The molecule has 146 valence electrons. The molecule has 0 fully saturated rings. The van der Waals surface area contributed by atoms with E-state index in [4.69, 9.17) is 14.6 Å². The van der Waals surface area contributed by atoms with E-state index in [1.54, 1.807) is 27.7 Å². The van der Waals surface area contributed by atoms with Gasteiger partial charge >= 0.3 is 18.0 Å². The third-order valence-corrected chi connectivity index (χ3v) is 4.13. The molecule has 0 heterocycles. The molecule has 0 bridgehead atoms. The molecule has 2 N–H and O–H groups in total. The molecule has 1 unspecified atom stereocenters. The van der Waals surface area contributed by atoms with Crippen LogP contribution in [-0.2, 0) is 19.1 Å². The second-order valence-electron chi connectivity index (χ2n) is 6.67. The Kier molecular flexibility index (Phi) is 11.7. The van der Waals surface area contributed by atoms with Crippen molar-refractivity contribution in [3.8, 4) is 0 Å². The highest BCUT2D eigenvalue weighted by molar-refractivity contribution is 5.70. The van der Waals surface area contributed by atoms with Crippen LogP contribution in [0.1, 0.15) is 66.7 Å². The standard InChI is InChI=1S/C18H33NO6/c1-6-14(9-8-13(5)16(21)22)10-11-19-18(23)25-17(12(3)4)24-15(20)7-2/h12-14,17H,6-11H2,1-5H3,(H,19,23)(H,21,22)/t13-,14?,17+/m0/s1. The summed E-state index contributed by atoms with van der Waals surface area (Å²) in [6.07, 6.45) is 1.82. The van der Waals surface area contributed by atoms with E-state index in [0.29, 0.717) is 18.9 Å². The lowest BCUT2D eigenvalue weighted by Crippen LogP contribution is -2.35. The van der Waals surface area contributed by atoms with Gasteiger partial charge in [-0.15, -0.1) is 0 Å². The second-order valence-corrected chi connectivity index (χ2v) is 6.67. The lowest BCUT2D eigenvalue weighted by atomic mass is 9.92. The first-order chi connectivity index (χ1) is 11.7. The molecule has 7 nitrogen and oxygen atoms in total. The summed E-state index contributed by atoms with van der Waals surface area (Å²) in [5.74, 6) is -1.34. The van der Waals surface area contributed by atoms with E-state index >= 15 is 0 Å². The minimum absolute atomic E-state index is 0.137. The number of carboxylic acid groups (broad SMARTS) is 1. The third kappa shape index (κ3) is 10.6. The Hall–Kier alpha value is -1.79. The molecule has 0 aromatic heterocycles. The maximum absolute atomic E-state index is 11.9. The van der Waals surface area contributed by atoms with Crippen molar-refractivity contribution < 1.29 is 29.0 Å². The van der Waals surface area contributed by atoms with Crippen LogP contribution in [0.5, 0.6) is 0 Å². The Balaban J connectivity index is 4.20. The summed E-state index contributed by atoms with van der Waals surface area (Å²) in [6, 6.07) is 0. The second kappa shape index (κ2) is 12.6. The van der Waals surface area contributed by atoms with Gasteiger partial charge in [0.1, 0.15) is 0 Å². The molecule has 0 rings (SSSR count). The van der Waals surface area contributed by atoms with E-state index in [0.717, 1.165) is 19.3 Å². The number of hydrogen-bond acceptors (Lipinski definition) is 5. The highest BCUT2D eigenvalue weighted by Crippen LogP contribution is 2.18. The molecule has 0 saturated carbocycles. The first-order valence-corrected chi connectivity index (χ1v) is 9.07. The fraction of sp³-hybridized carbons (Fsp3) is 0.833. The van der Waals surface area contributed by atoms with Crippen LogP contribution in [-0.4, -0.2) is 36.0 Å². The van der Waals surface area contributed by atoms with Crippen LogP contribution in [0.3, 0.4) is 0 Å². The molecule has 25 heavy (non-hydrogen) atoms. The molecule has 1 amide bonds. The van der Waals surface area contributed by atoms with Crippen LogP contribution >= 0.6 is 0 Å². The van der Waals surface area contributed by atoms with Crippen molar-refractivity contribution in [1.29, 1.82) is 0 Å². The molecule has 3 atom stereocenters. The first kappa shape index (κ1) is 23.2. The van der Waals surface area contributed by atoms with Gasteiger partial charge in [0.25, 0.3) is 6.29 Å². The number of esters is 1. The average Bonchev–Trinajstić information content (AvgIpc) is 2.56. The summed E-state index contributed by atoms with van der Waals surface area (Å²) < 4.78 is 10.2. The lowest BCUT2D eigenvalue weighted by molar-refractivity contribution is -0.174. The molecule has 0 aliphatic rings.